The number of hydrogen-bond acceptors (Lipinski definition) is 9. The number of ether oxygens (including phenoxy) is 3. The van der Waals surface area contributed by atoms with Crippen LogP contribution in [0.15, 0.2) is 0 Å². The first-order valence-corrected chi connectivity index (χ1v) is 14.1. The molecule has 37 heavy (non-hydrogen) atoms. The number of carbonyl (C=O) groups is 1. The summed E-state index contributed by atoms with van der Waals surface area (Å²) in [4.78, 5) is 29.6. The first kappa shape index (κ1) is 25.1. The van der Waals surface area contributed by atoms with Crippen LogP contribution in [0, 0.1) is 5.41 Å². The van der Waals surface area contributed by atoms with Gasteiger partial charge in [-0.25, -0.2) is 4.79 Å². The number of amides is 1. The molecule has 1 amide bonds. The van der Waals surface area contributed by atoms with Crippen LogP contribution >= 0.6 is 0 Å². The Morgan fingerprint density at radius 3 is 2.62 bits per heavy atom. The van der Waals surface area contributed by atoms with E-state index in [2.05, 4.69) is 15.1 Å². The van der Waals surface area contributed by atoms with Crippen molar-refractivity contribution in [2.75, 3.05) is 64.0 Å². The van der Waals surface area contributed by atoms with Crippen molar-refractivity contribution >= 4 is 11.9 Å². The second-order valence-electron chi connectivity index (χ2n) is 12.5. The van der Waals surface area contributed by atoms with Crippen molar-refractivity contribution in [3.8, 4) is 6.01 Å². The van der Waals surface area contributed by atoms with Crippen LogP contribution in [0.4, 0.5) is 10.6 Å². The van der Waals surface area contributed by atoms with Gasteiger partial charge in [-0.05, 0) is 59.4 Å². The van der Waals surface area contributed by atoms with Crippen LogP contribution in [0.25, 0.3) is 0 Å². The Hall–Kier alpha value is -2.17. The Morgan fingerprint density at radius 2 is 1.92 bits per heavy atom. The van der Waals surface area contributed by atoms with Crippen molar-refractivity contribution in [1.82, 2.24) is 25.1 Å². The number of rotatable bonds is 6. The van der Waals surface area contributed by atoms with Gasteiger partial charge in [0, 0.05) is 56.3 Å². The summed E-state index contributed by atoms with van der Waals surface area (Å²) in [7, 11) is 0. The Balaban J connectivity index is 1.18. The van der Waals surface area contributed by atoms with Gasteiger partial charge in [-0.3, -0.25) is 4.90 Å². The van der Waals surface area contributed by atoms with E-state index in [-0.39, 0.29) is 23.6 Å². The number of hydrogen-bond donors (Lipinski definition) is 1. The lowest BCUT2D eigenvalue weighted by atomic mass is 9.90. The van der Waals surface area contributed by atoms with E-state index in [9.17, 15) is 4.79 Å². The van der Waals surface area contributed by atoms with Crippen LogP contribution in [0.5, 0.6) is 6.01 Å². The molecule has 10 heteroatoms. The van der Waals surface area contributed by atoms with Gasteiger partial charge in [0.05, 0.1) is 31.6 Å². The molecule has 0 spiro atoms. The molecule has 1 saturated carbocycles. The van der Waals surface area contributed by atoms with Crippen molar-refractivity contribution < 1.29 is 19.0 Å². The average molecular weight is 515 g/mol. The predicted octanol–water partition coefficient (Wildman–Crippen LogP) is 2.20. The highest BCUT2D eigenvalue weighted by Crippen LogP contribution is 2.46. The van der Waals surface area contributed by atoms with E-state index >= 15 is 0 Å². The minimum Gasteiger partial charge on any atom is -0.463 e. The number of carbonyl (C=O) groups excluding carboxylic acids is 1. The third-order valence-corrected chi connectivity index (χ3v) is 8.45. The summed E-state index contributed by atoms with van der Waals surface area (Å²) < 4.78 is 17.6. The van der Waals surface area contributed by atoms with Crippen molar-refractivity contribution in [2.45, 2.75) is 77.1 Å². The van der Waals surface area contributed by atoms with Crippen LogP contribution in [0.1, 0.15) is 57.7 Å². The van der Waals surface area contributed by atoms with Gasteiger partial charge in [0.2, 0.25) is 0 Å². The number of morpholine rings is 1. The molecule has 1 aromatic heterocycles. The van der Waals surface area contributed by atoms with Gasteiger partial charge < -0.3 is 29.3 Å². The highest BCUT2D eigenvalue weighted by atomic mass is 16.6. The molecule has 5 fully saturated rings. The van der Waals surface area contributed by atoms with Gasteiger partial charge >= 0.3 is 12.1 Å². The number of nitrogens with zero attached hydrogens (tertiary/aromatic N) is 5. The van der Waals surface area contributed by atoms with Gasteiger partial charge in [0.1, 0.15) is 11.4 Å². The second kappa shape index (κ2) is 9.85. The van der Waals surface area contributed by atoms with E-state index in [1.165, 1.54) is 18.4 Å². The quantitative estimate of drug-likeness (QED) is 0.613. The zero-order valence-corrected chi connectivity index (χ0v) is 22.6. The summed E-state index contributed by atoms with van der Waals surface area (Å²) in [6, 6.07) is 0.867. The summed E-state index contributed by atoms with van der Waals surface area (Å²) in [6.45, 7) is 14.3. The smallest absolute Gasteiger partial charge is 0.410 e. The molecule has 0 radical (unpaired) electrons. The molecule has 5 aliphatic heterocycles. The number of aromatic nitrogens is 2. The summed E-state index contributed by atoms with van der Waals surface area (Å²) in [6.07, 6.45) is 5.16. The molecule has 1 aliphatic carbocycles. The summed E-state index contributed by atoms with van der Waals surface area (Å²) >= 11 is 0. The molecule has 2 atom stereocenters. The van der Waals surface area contributed by atoms with E-state index in [1.807, 2.05) is 25.7 Å². The van der Waals surface area contributed by atoms with E-state index in [0.717, 1.165) is 83.3 Å². The number of piperidine rings is 2. The lowest BCUT2D eigenvalue weighted by Gasteiger charge is -2.52. The minimum absolute atomic E-state index is 0.139. The number of fused-ring (bicyclic) bond motifs is 4. The lowest BCUT2D eigenvalue weighted by Crippen LogP contribution is -2.65. The maximum Gasteiger partial charge on any atom is 0.410 e. The molecule has 4 saturated heterocycles. The normalized spacial score (nSPS) is 27.1. The molecule has 0 aromatic carbocycles. The molecule has 6 aliphatic rings. The lowest BCUT2D eigenvalue weighted by molar-refractivity contribution is 0.000730. The minimum atomic E-state index is -0.487. The van der Waals surface area contributed by atoms with Gasteiger partial charge in [0.15, 0.2) is 0 Å². The molecule has 7 rings (SSSR count). The van der Waals surface area contributed by atoms with Gasteiger partial charge in [-0.2, -0.15) is 9.97 Å². The fraction of sp³-hybridized carbons (Fsp3) is 0.815. The Labute approximate surface area is 220 Å². The molecule has 1 aromatic rings. The van der Waals surface area contributed by atoms with Gasteiger partial charge in [-0.1, -0.05) is 0 Å². The highest BCUT2D eigenvalue weighted by Gasteiger charge is 2.46. The fourth-order valence-electron chi connectivity index (χ4n) is 6.23. The van der Waals surface area contributed by atoms with E-state index in [4.69, 9.17) is 24.2 Å². The predicted molar refractivity (Wildman–Crippen MR) is 139 cm³/mol. The third-order valence-electron chi connectivity index (χ3n) is 8.45. The van der Waals surface area contributed by atoms with E-state index in [1.54, 1.807) is 0 Å². The summed E-state index contributed by atoms with van der Waals surface area (Å²) in [5, 5.41) is 3.46. The number of nitrogens with one attached hydrogen (secondary N) is 1. The molecule has 2 bridgehead atoms. The Morgan fingerprint density at radius 1 is 1.14 bits per heavy atom. The highest BCUT2D eigenvalue weighted by molar-refractivity contribution is 5.70. The topological polar surface area (TPSA) is 92.3 Å². The molecular formula is C27H42N6O4. The van der Waals surface area contributed by atoms with Crippen molar-refractivity contribution in [3.05, 3.63) is 11.3 Å². The maximum atomic E-state index is 12.9. The van der Waals surface area contributed by atoms with E-state index in [0.29, 0.717) is 19.2 Å². The monoisotopic (exact) mass is 514 g/mol. The maximum absolute atomic E-state index is 12.9. The van der Waals surface area contributed by atoms with Crippen LogP contribution in [0.2, 0.25) is 0 Å². The van der Waals surface area contributed by atoms with Crippen molar-refractivity contribution in [2.24, 2.45) is 5.41 Å². The molecule has 204 valence electrons. The molecule has 10 nitrogen and oxygen atoms in total. The van der Waals surface area contributed by atoms with Gasteiger partial charge in [0.25, 0.3) is 0 Å². The zero-order valence-electron chi connectivity index (χ0n) is 22.6. The molecule has 6 heterocycles. The fourth-order valence-corrected chi connectivity index (χ4v) is 6.23. The van der Waals surface area contributed by atoms with Crippen molar-refractivity contribution in [1.29, 1.82) is 0 Å². The number of anilines is 1. The standard InChI is InChI=1S/C27H42N6O4/c1-26(2,3)37-25(34)33-16-19-4-5-20(33)15-32(19)23-21-6-9-28-14-22(21)29-24(30-23)36-18-27(7-8-27)17-31-10-12-35-13-11-31/h19-20,28H,4-18H2,1-3H3/t19-,20+/m0/s1. The molecule has 1 N–H and O–H groups in total. The van der Waals surface area contributed by atoms with Crippen LogP contribution in [-0.4, -0.2) is 103 Å². The average Bonchev–Trinajstić information content (AvgIpc) is 3.66. The van der Waals surface area contributed by atoms with Crippen LogP contribution in [0.3, 0.4) is 0 Å². The van der Waals surface area contributed by atoms with Crippen molar-refractivity contribution in [3.63, 3.8) is 0 Å². The first-order valence-electron chi connectivity index (χ1n) is 14.1. The van der Waals surface area contributed by atoms with E-state index < -0.39 is 5.60 Å². The SMILES string of the molecule is CC(C)(C)OC(=O)N1C[C@@H]2CC[C@@H]1CN2c1nc(OCC2(CN3CCOCC3)CC2)nc2c1CCNC2. The Bertz CT molecular complexity index is 1000. The molecule has 0 unspecified atom stereocenters. The summed E-state index contributed by atoms with van der Waals surface area (Å²) in [5.41, 5.74) is 2.01. The third kappa shape index (κ3) is 5.52. The second-order valence-corrected chi connectivity index (χ2v) is 12.5. The largest absolute Gasteiger partial charge is 0.463 e. The zero-order chi connectivity index (χ0) is 25.6. The summed E-state index contributed by atoms with van der Waals surface area (Å²) in [5.74, 6) is 1.01. The van der Waals surface area contributed by atoms with Crippen LogP contribution in [-0.2, 0) is 22.4 Å². The van der Waals surface area contributed by atoms with Gasteiger partial charge in [-0.15, -0.1) is 0 Å². The first-order chi connectivity index (χ1) is 17.8. The number of piperazine rings is 1. The van der Waals surface area contributed by atoms with Crippen LogP contribution < -0.4 is 15.0 Å². The Kier molecular flexibility index (Phi) is 6.69. The molecular weight excluding hydrogens is 472 g/mol.